The van der Waals surface area contributed by atoms with Crippen LogP contribution in [0.15, 0.2) is 23.1 Å². The molecule has 1 aromatic rings. The Hall–Kier alpha value is -1.71. The number of hydrogen-bond acceptors (Lipinski definition) is 5. The Balaban J connectivity index is 2.78. The molecule has 1 rings (SSSR count). The minimum atomic E-state index is -0.0908. The average Bonchev–Trinajstić information content (AvgIpc) is 2.47. The Labute approximate surface area is 130 Å². The summed E-state index contributed by atoms with van der Waals surface area (Å²) in [6.07, 6.45) is 0. The molecule has 0 atom stereocenters. The zero-order chi connectivity index (χ0) is 15.7. The van der Waals surface area contributed by atoms with E-state index in [2.05, 4.69) is 11.4 Å². The number of rotatable bonds is 8. The number of hydrogen-bond donors (Lipinski definition) is 1. The summed E-state index contributed by atoms with van der Waals surface area (Å²) in [5, 5.41) is 12.1. The molecule has 1 aromatic carbocycles. The number of benzene rings is 1. The fourth-order valence-corrected chi connectivity index (χ4v) is 2.66. The Morgan fingerprint density at radius 2 is 2.29 bits per heavy atom. The summed E-state index contributed by atoms with van der Waals surface area (Å²) in [5.74, 6) is 0.811. The molecule has 0 spiro atoms. The highest BCUT2D eigenvalue weighted by Crippen LogP contribution is 2.29. The molecule has 0 radical (unpaired) electrons. The molecule has 5 nitrogen and oxygen atoms in total. The molecule has 114 valence electrons. The molecule has 0 aliphatic heterocycles. The molecule has 0 saturated carbocycles. The molecule has 0 aromatic heterocycles. The highest BCUT2D eigenvalue weighted by molar-refractivity contribution is 7.99. The summed E-state index contributed by atoms with van der Waals surface area (Å²) in [6, 6.07) is 7.95. The summed E-state index contributed by atoms with van der Waals surface area (Å²) >= 11 is 1.63. The van der Waals surface area contributed by atoms with Crippen LogP contribution in [0.25, 0.3) is 0 Å². The number of methoxy groups -OCH3 is 1. The van der Waals surface area contributed by atoms with Crippen LogP contribution in [0.1, 0.15) is 12.5 Å². The van der Waals surface area contributed by atoms with Gasteiger partial charge in [0, 0.05) is 25.6 Å². The topological polar surface area (TPSA) is 65.4 Å². The van der Waals surface area contributed by atoms with Crippen molar-refractivity contribution in [2.45, 2.75) is 11.8 Å². The average molecular weight is 307 g/mol. The third-order valence-corrected chi connectivity index (χ3v) is 3.78. The lowest BCUT2D eigenvalue weighted by atomic mass is 10.2. The van der Waals surface area contributed by atoms with Crippen LogP contribution < -0.4 is 10.2 Å². The van der Waals surface area contributed by atoms with Crippen molar-refractivity contribution in [2.24, 2.45) is 0 Å². The maximum atomic E-state index is 11.8. The summed E-state index contributed by atoms with van der Waals surface area (Å²) in [5.41, 5.74) is 1.40. The van der Waals surface area contributed by atoms with E-state index < -0.39 is 0 Å². The SMILES string of the molecule is CCSc1cccc(N(C)CC(=O)NCCOC)c1C#N. The van der Waals surface area contributed by atoms with Crippen LogP contribution in [-0.4, -0.2) is 45.5 Å². The van der Waals surface area contributed by atoms with Gasteiger partial charge in [-0.15, -0.1) is 11.8 Å². The molecule has 0 saturated heterocycles. The third kappa shape index (κ3) is 5.29. The summed E-state index contributed by atoms with van der Waals surface area (Å²) in [6.45, 7) is 3.23. The number of ether oxygens (including phenoxy) is 1. The van der Waals surface area contributed by atoms with E-state index in [0.29, 0.717) is 18.7 Å². The lowest BCUT2D eigenvalue weighted by molar-refractivity contribution is -0.119. The quantitative estimate of drug-likeness (QED) is 0.587. The van der Waals surface area contributed by atoms with Crippen LogP contribution >= 0.6 is 11.8 Å². The van der Waals surface area contributed by atoms with Gasteiger partial charge in [-0.1, -0.05) is 13.0 Å². The molecule has 0 heterocycles. The molecule has 0 aliphatic carbocycles. The second-order valence-electron chi connectivity index (χ2n) is 4.39. The van der Waals surface area contributed by atoms with E-state index in [0.717, 1.165) is 16.3 Å². The third-order valence-electron chi connectivity index (χ3n) is 2.84. The number of nitrogens with one attached hydrogen (secondary N) is 1. The summed E-state index contributed by atoms with van der Waals surface area (Å²) < 4.78 is 4.89. The van der Waals surface area contributed by atoms with E-state index in [4.69, 9.17) is 4.74 Å². The number of carbonyl (C=O) groups excluding carboxylic acids is 1. The molecule has 6 heteroatoms. The molecule has 0 aliphatic rings. The van der Waals surface area contributed by atoms with Crippen LogP contribution in [-0.2, 0) is 9.53 Å². The highest BCUT2D eigenvalue weighted by atomic mass is 32.2. The molecular weight excluding hydrogens is 286 g/mol. The van der Waals surface area contributed by atoms with Gasteiger partial charge in [-0.05, 0) is 17.9 Å². The molecule has 0 fully saturated rings. The largest absolute Gasteiger partial charge is 0.383 e. The highest BCUT2D eigenvalue weighted by Gasteiger charge is 2.14. The minimum absolute atomic E-state index is 0.0908. The first-order valence-corrected chi connectivity index (χ1v) is 7.75. The van der Waals surface area contributed by atoms with Gasteiger partial charge in [0.15, 0.2) is 0 Å². The Kier molecular flexibility index (Phi) is 7.65. The van der Waals surface area contributed by atoms with Gasteiger partial charge in [0.2, 0.25) is 5.91 Å². The summed E-state index contributed by atoms with van der Waals surface area (Å²) in [4.78, 5) is 14.6. The maximum absolute atomic E-state index is 11.8. The Morgan fingerprint density at radius 1 is 1.52 bits per heavy atom. The second-order valence-corrected chi connectivity index (χ2v) is 5.70. The van der Waals surface area contributed by atoms with Crippen LogP contribution in [0.4, 0.5) is 5.69 Å². The van der Waals surface area contributed by atoms with Gasteiger partial charge in [0.1, 0.15) is 6.07 Å². The molecule has 1 amide bonds. The molecule has 0 unspecified atom stereocenters. The number of carbonyl (C=O) groups is 1. The van der Waals surface area contributed by atoms with E-state index >= 15 is 0 Å². The zero-order valence-corrected chi connectivity index (χ0v) is 13.5. The van der Waals surface area contributed by atoms with E-state index in [1.54, 1.807) is 23.8 Å². The first-order valence-electron chi connectivity index (χ1n) is 6.76. The van der Waals surface area contributed by atoms with Crippen molar-refractivity contribution >= 4 is 23.4 Å². The monoisotopic (exact) mass is 307 g/mol. The number of amides is 1. The van der Waals surface area contributed by atoms with Crippen molar-refractivity contribution in [1.29, 1.82) is 5.26 Å². The van der Waals surface area contributed by atoms with E-state index in [1.165, 1.54) is 0 Å². The Bertz CT molecular complexity index is 514. The van der Waals surface area contributed by atoms with E-state index in [1.807, 2.05) is 32.2 Å². The smallest absolute Gasteiger partial charge is 0.239 e. The summed E-state index contributed by atoms with van der Waals surface area (Å²) in [7, 11) is 3.40. The van der Waals surface area contributed by atoms with Gasteiger partial charge < -0.3 is 15.0 Å². The van der Waals surface area contributed by atoms with Gasteiger partial charge in [-0.25, -0.2) is 0 Å². The van der Waals surface area contributed by atoms with Crippen molar-refractivity contribution in [2.75, 3.05) is 44.5 Å². The molecule has 21 heavy (non-hydrogen) atoms. The standard InChI is InChI=1S/C15H21N3O2S/c1-4-21-14-7-5-6-13(12(14)10-16)18(2)11-15(19)17-8-9-20-3/h5-7H,4,8-9,11H2,1-3H3,(H,17,19). The second kappa shape index (κ2) is 9.27. The number of anilines is 1. The molecule has 0 bridgehead atoms. The van der Waals surface area contributed by atoms with Crippen molar-refractivity contribution in [3.63, 3.8) is 0 Å². The predicted octanol–water partition coefficient (Wildman–Crippen LogP) is 1.87. The number of likely N-dealkylation sites (N-methyl/N-ethyl adjacent to an activating group) is 1. The minimum Gasteiger partial charge on any atom is -0.383 e. The van der Waals surface area contributed by atoms with Gasteiger partial charge in [-0.3, -0.25) is 4.79 Å². The van der Waals surface area contributed by atoms with Crippen molar-refractivity contribution in [3.8, 4) is 6.07 Å². The van der Waals surface area contributed by atoms with Crippen molar-refractivity contribution in [1.82, 2.24) is 5.32 Å². The number of thioether (sulfide) groups is 1. The molecule has 1 N–H and O–H groups in total. The first-order chi connectivity index (χ1) is 10.1. The van der Waals surface area contributed by atoms with Crippen molar-refractivity contribution in [3.05, 3.63) is 23.8 Å². The van der Waals surface area contributed by atoms with Crippen LogP contribution in [0.2, 0.25) is 0 Å². The number of nitriles is 1. The fraction of sp³-hybridized carbons (Fsp3) is 0.467. The fourth-order valence-electron chi connectivity index (χ4n) is 1.87. The van der Waals surface area contributed by atoms with E-state index in [-0.39, 0.29) is 12.5 Å². The van der Waals surface area contributed by atoms with E-state index in [9.17, 15) is 10.1 Å². The van der Waals surface area contributed by atoms with Gasteiger partial charge >= 0.3 is 0 Å². The lowest BCUT2D eigenvalue weighted by Gasteiger charge is -2.21. The van der Waals surface area contributed by atoms with Gasteiger partial charge in [0.25, 0.3) is 0 Å². The van der Waals surface area contributed by atoms with Crippen molar-refractivity contribution < 1.29 is 9.53 Å². The lowest BCUT2D eigenvalue weighted by Crippen LogP contribution is -2.36. The zero-order valence-electron chi connectivity index (χ0n) is 12.7. The maximum Gasteiger partial charge on any atom is 0.239 e. The van der Waals surface area contributed by atoms with Gasteiger partial charge in [-0.2, -0.15) is 5.26 Å². The predicted molar refractivity (Wildman–Crippen MR) is 85.7 cm³/mol. The van der Waals surface area contributed by atoms with Crippen LogP contribution in [0.5, 0.6) is 0 Å². The first kappa shape index (κ1) is 17.3. The Morgan fingerprint density at radius 3 is 2.90 bits per heavy atom. The van der Waals surface area contributed by atoms with Crippen LogP contribution in [0, 0.1) is 11.3 Å². The van der Waals surface area contributed by atoms with Crippen LogP contribution in [0.3, 0.4) is 0 Å². The normalized spacial score (nSPS) is 10.0. The number of nitrogens with zero attached hydrogens (tertiary/aromatic N) is 2. The van der Waals surface area contributed by atoms with Gasteiger partial charge in [0.05, 0.1) is 24.4 Å². The molecular formula is C15H21N3O2S.